The molecule has 0 spiro atoms. The van der Waals surface area contributed by atoms with E-state index < -0.39 is 27.3 Å². The molecule has 2 rings (SSSR count). The Bertz CT molecular complexity index is 746. The number of sulfonamides is 1. The molecule has 0 radical (unpaired) electrons. The van der Waals surface area contributed by atoms with E-state index in [-0.39, 0.29) is 15.6 Å². The predicted octanol–water partition coefficient (Wildman–Crippen LogP) is 3.00. The summed E-state index contributed by atoms with van der Waals surface area (Å²) in [6, 6.07) is 6.57. The lowest BCUT2D eigenvalue weighted by molar-refractivity contribution is 0.583. The fourth-order valence-corrected chi connectivity index (χ4v) is 2.81. The van der Waals surface area contributed by atoms with Crippen LogP contribution in [0.3, 0.4) is 0 Å². The summed E-state index contributed by atoms with van der Waals surface area (Å²) in [6.07, 6.45) is 0. The first-order valence-corrected chi connectivity index (χ1v) is 7.19. The smallest absolute Gasteiger partial charge is 0.262 e. The Balaban J connectivity index is 2.43. The highest BCUT2D eigenvalue weighted by molar-refractivity contribution is 7.92. The molecule has 0 aliphatic carbocycles. The number of hydrogen-bond donors (Lipinski definition) is 2. The Kier molecular flexibility index (Phi) is 3.82. The first-order valence-electron chi connectivity index (χ1n) is 5.33. The molecule has 0 amide bonds. The van der Waals surface area contributed by atoms with Gasteiger partial charge in [0.2, 0.25) is 0 Å². The Morgan fingerprint density at radius 1 is 1.10 bits per heavy atom. The summed E-state index contributed by atoms with van der Waals surface area (Å²) < 4.78 is 52.7. The van der Waals surface area contributed by atoms with Crippen molar-refractivity contribution in [3.63, 3.8) is 0 Å². The van der Waals surface area contributed by atoms with Crippen molar-refractivity contribution in [3.8, 4) is 0 Å². The topological polar surface area (TPSA) is 72.2 Å². The zero-order valence-electron chi connectivity index (χ0n) is 9.90. The van der Waals surface area contributed by atoms with E-state index in [0.29, 0.717) is 0 Å². The lowest BCUT2D eigenvalue weighted by Crippen LogP contribution is -2.15. The second-order valence-electron chi connectivity index (χ2n) is 3.89. The molecular weight excluding hydrogens is 310 g/mol. The number of nitrogens with two attached hydrogens (primary N) is 1. The number of halogens is 3. The molecule has 0 atom stereocenters. The van der Waals surface area contributed by atoms with Crippen LogP contribution in [0.2, 0.25) is 5.02 Å². The van der Waals surface area contributed by atoms with Crippen molar-refractivity contribution in [2.75, 3.05) is 10.5 Å². The molecule has 0 bridgehead atoms. The van der Waals surface area contributed by atoms with Crippen LogP contribution >= 0.6 is 11.6 Å². The standard InChI is InChI=1S/C12H9ClF2N2O2S/c13-8-6-7(4-5-11(8)16)20(18,19)17-12-9(14)2-1-3-10(12)15/h1-6,17H,16H2. The predicted molar refractivity (Wildman–Crippen MR) is 73.0 cm³/mol. The van der Waals surface area contributed by atoms with Gasteiger partial charge in [-0.3, -0.25) is 4.72 Å². The molecule has 106 valence electrons. The van der Waals surface area contributed by atoms with Gasteiger partial charge in [-0.2, -0.15) is 0 Å². The molecule has 0 saturated carbocycles. The van der Waals surface area contributed by atoms with Crippen molar-refractivity contribution in [1.29, 1.82) is 0 Å². The van der Waals surface area contributed by atoms with Gasteiger partial charge in [0, 0.05) is 0 Å². The minimum Gasteiger partial charge on any atom is -0.398 e. The Labute approximate surface area is 119 Å². The molecular formula is C12H9ClF2N2O2S. The molecule has 3 N–H and O–H groups in total. The average Bonchev–Trinajstić information content (AvgIpc) is 2.37. The Morgan fingerprint density at radius 2 is 1.70 bits per heavy atom. The van der Waals surface area contributed by atoms with Gasteiger partial charge in [-0.15, -0.1) is 0 Å². The largest absolute Gasteiger partial charge is 0.398 e. The summed E-state index contributed by atoms with van der Waals surface area (Å²) in [5, 5.41) is 0.0295. The Hall–Kier alpha value is -1.86. The molecule has 0 unspecified atom stereocenters. The monoisotopic (exact) mass is 318 g/mol. The van der Waals surface area contributed by atoms with Gasteiger partial charge in [0.1, 0.15) is 17.3 Å². The number of hydrogen-bond acceptors (Lipinski definition) is 3. The van der Waals surface area contributed by atoms with Gasteiger partial charge in [-0.05, 0) is 30.3 Å². The molecule has 0 fully saturated rings. The number of nitrogens with one attached hydrogen (secondary N) is 1. The normalized spacial score (nSPS) is 11.3. The highest BCUT2D eigenvalue weighted by Crippen LogP contribution is 2.26. The molecule has 0 aliphatic heterocycles. The van der Waals surface area contributed by atoms with E-state index in [1.54, 1.807) is 0 Å². The molecule has 0 aromatic heterocycles. The summed E-state index contributed by atoms with van der Waals surface area (Å²) in [5.74, 6) is -2.04. The second-order valence-corrected chi connectivity index (χ2v) is 5.98. The SMILES string of the molecule is Nc1ccc(S(=O)(=O)Nc2c(F)cccc2F)cc1Cl. The van der Waals surface area contributed by atoms with E-state index >= 15 is 0 Å². The molecule has 0 saturated heterocycles. The van der Waals surface area contributed by atoms with Crippen molar-refractivity contribution in [2.24, 2.45) is 0 Å². The zero-order chi connectivity index (χ0) is 14.9. The molecule has 4 nitrogen and oxygen atoms in total. The van der Waals surface area contributed by atoms with Gasteiger partial charge in [0.15, 0.2) is 0 Å². The summed E-state index contributed by atoms with van der Waals surface area (Å²) in [7, 11) is -4.17. The van der Waals surface area contributed by atoms with Crippen LogP contribution in [0.15, 0.2) is 41.3 Å². The van der Waals surface area contributed by atoms with Gasteiger partial charge < -0.3 is 5.73 Å². The van der Waals surface area contributed by atoms with E-state index in [1.165, 1.54) is 12.1 Å². The minimum absolute atomic E-state index is 0.0295. The summed E-state index contributed by atoms with van der Waals surface area (Å²) in [6.45, 7) is 0. The molecule has 8 heteroatoms. The second kappa shape index (κ2) is 5.26. The highest BCUT2D eigenvalue weighted by Gasteiger charge is 2.19. The summed E-state index contributed by atoms with van der Waals surface area (Å²) in [4.78, 5) is -0.251. The van der Waals surface area contributed by atoms with Crippen molar-refractivity contribution in [2.45, 2.75) is 4.90 Å². The van der Waals surface area contributed by atoms with E-state index in [0.717, 1.165) is 24.3 Å². The van der Waals surface area contributed by atoms with E-state index in [2.05, 4.69) is 0 Å². The van der Waals surface area contributed by atoms with Crippen LogP contribution in [0.1, 0.15) is 0 Å². The van der Waals surface area contributed by atoms with Crippen LogP contribution in [0.25, 0.3) is 0 Å². The maximum absolute atomic E-state index is 13.4. The van der Waals surface area contributed by atoms with E-state index in [4.69, 9.17) is 17.3 Å². The van der Waals surface area contributed by atoms with Gasteiger partial charge in [0.05, 0.1) is 15.6 Å². The molecule has 0 aliphatic rings. The van der Waals surface area contributed by atoms with Crippen LogP contribution in [0, 0.1) is 11.6 Å². The first kappa shape index (κ1) is 14.5. The molecule has 2 aromatic carbocycles. The lowest BCUT2D eigenvalue weighted by Gasteiger charge is -2.10. The third-order valence-electron chi connectivity index (χ3n) is 2.48. The molecule has 0 heterocycles. The first-order chi connectivity index (χ1) is 9.31. The van der Waals surface area contributed by atoms with Crippen LogP contribution in [0.4, 0.5) is 20.2 Å². The summed E-state index contributed by atoms with van der Waals surface area (Å²) >= 11 is 5.72. The maximum atomic E-state index is 13.4. The maximum Gasteiger partial charge on any atom is 0.262 e. The van der Waals surface area contributed by atoms with Crippen LogP contribution in [-0.4, -0.2) is 8.42 Å². The van der Waals surface area contributed by atoms with Gasteiger partial charge in [-0.25, -0.2) is 17.2 Å². The van der Waals surface area contributed by atoms with E-state index in [9.17, 15) is 17.2 Å². The van der Waals surface area contributed by atoms with E-state index in [1.807, 2.05) is 4.72 Å². The van der Waals surface area contributed by atoms with Crippen molar-refractivity contribution in [1.82, 2.24) is 0 Å². The zero-order valence-corrected chi connectivity index (χ0v) is 11.5. The van der Waals surface area contributed by atoms with Gasteiger partial charge in [-0.1, -0.05) is 17.7 Å². The lowest BCUT2D eigenvalue weighted by atomic mass is 10.3. The number of benzene rings is 2. The molecule has 2 aromatic rings. The van der Waals surface area contributed by atoms with Crippen LogP contribution in [0.5, 0.6) is 0 Å². The number of para-hydroxylation sites is 1. The number of anilines is 2. The quantitative estimate of drug-likeness (QED) is 0.854. The minimum atomic E-state index is -4.17. The summed E-state index contributed by atoms with van der Waals surface area (Å²) in [5.41, 5.74) is 4.91. The van der Waals surface area contributed by atoms with Gasteiger partial charge >= 0.3 is 0 Å². The van der Waals surface area contributed by atoms with Crippen LogP contribution in [-0.2, 0) is 10.0 Å². The Morgan fingerprint density at radius 3 is 2.25 bits per heavy atom. The third-order valence-corrected chi connectivity index (χ3v) is 4.16. The third kappa shape index (κ3) is 2.83. The number of rotatable bonds is 3. The number of nitrogen functional groups attached to an aromatic ring is 1. The fraction of sp³-hybridized carbons (Fsp3) is 0. The highest BCUT2D eigenvalue weighted by atomic mass is 35.5. The average molecular weight is 319 g/mol. The molecule has 20 heavy (non-hydrogen) atoms. The van der Waals surface area contributed by atoms with Crippen molar-refractivity contribution in [3.05, 3.63) is 53.1 Å². The van der Waals surface area contributed by atoms with Crippen molar-refractivity contribution < 1.29 is 17.2 Å². The van der Waals surface area contributed by atoms with Crippen molar-refractivity contribution >= 4 is 33.0 Å². The fourth-order valence-electron chi connectivity index (χ4n) is 1.46. The van der Waals surface area contributed by atoms with Crippen LogP contribution < -0.4 is 10.5 Å². The van der Waals surface area contributed by atoms with Gasteiger partial charge in [0.25, 0.3) is 10.0 Å².